The van der Waals surface area contributed by atoms with E-state index in [9.17, 15) is 4.79 Å². The van der Waals surface area contributed by atoms with Crippen molar-refractivity contribution in [1.82, 2.24) is 5.32 Å². The van der Waals surface area contributed by atoms with E-state index in [1.54, 1.807) is 5.38 Å². The third-order valence-corrected chi connectivity index (χ3v) is 3.67. The monoisotopic (exact) mass is 280 g/mol. The minimum absolute atomic E-state index is 0.379. The zero-order valence-electron chi connectivity index (χ0n) is 9.65. The molecule has 1 amide bonds. The second-order valence-electron chi connectivity index (χ2n) is 3.90. The molecule has 0 atom stereocenters. The summed E-state index contributed by atoms with van der Waals surface area (Å²) in [4.78, 5) is 12.0. The Kier molecular flexibility index (Phi) is 4.36. The van der Waals surface area contributed by atoms with Crippen LogP contribution in [-0.4, -0.2) is 5.91 Å². The zero-order valence-corrected chi connectivity index (χ0v) is 11.2. The van der Waals surface area contributed by atoms with Gasteiger partial charge in [-0.1, -0.05) is 23.7 Å². The van der Waals surface area contributed by atoms with Crippen molar-refractivity contribution in [2.24, 2.45) is 5.73 Å². The standard InChI is InChI=1S/C13H13ClN2OS/c14-11-3-1-9(2-4-11)6-16-7-12-5-10(8-18-12)13(15)17/h1-5,8,16H,6-7H2,(H2,15,17). The number of carbonyl (C=O) groups is 1. The average molecular weight is 281 g/mol. The Labute approximate surface area is 115 Å². The van der Waals surface area contributed by atoms with Crippen molar-refractivity contribution in [3.8, 4) is 0 Å². The molecule has 0 bridgehead atoms. The minimum Gasteiger partial charge on any atom is -0.366 e. The number of thiophene rings is 1. The minimum atomic E-state index is -0.379. The lowest BCUT2D eigenvalue weighted by molar-refractivity contribution is 0.100. The first-order chi connectivity index (χ1) is 8.65. The van der Waals surface area contributed by atoms with Crippen molar-refractivity contribution >= 4 is 28.8 Å². The smallest absolute Gasteiger partial charge is 0.249 e. The van der Waals surface area contributed by atoms with Crippen LogP contribution in [0.5, 0.6) is 0 Å². The maximum atomic E-state index is 10.9. The summed E-state index contributed by atoms with van der Waals surface area (Å²) in [5, 5.41) is 5.82. The van der Waals surface area contributed by atoms with Crippen LogP contribution < -0.4 is 11.1 Å². The van der Waals surface area contributed by atoms with Gasteiger partial charge < -0.3 is 11.1 Å². The summed E-state index contributed by atoms with van der Waals surface area (Å²) in [5.41, 5.74) is 6.94. The summed E-state index contributed by atoms with van der Waals surface area (Å²) >= 11 is 7.34. The molecule has 0 saturated heterocycles. The summed E-state index contributed by atoms with van der Waals surface area (Å²) < 4.78 is 0. The largest absolute Gasteiger partial charge is 0.366 e. The fraction of sp³-hybridized carbons (Fsp3) is 0.154. The van der Waals surface area contributed by atoms with E-state index in [0.717, 1.165) is 23.0 Å². The Morgan fingerprint density at radius 2 is 2.00 bits per heavy atom. The van der Waals surface area contributed by atoms with E-state index in [4.69, 9.17) is 17.3 Å². The Morgan fingerprint density at radius 3 is 2.61 bits per heavy atom. The van der Waals surface area contributed by atoms with Crippen molar-refractivity contribution in [1.29, 1.82) is 0 Å². The first-order valence-electron chi connectivity index (χ1n) is 5.47. The van der Waals surface area contributed by atoms with Crippen molar-refractivity contribution in [3.05, 3.63) is 56.7 Å². The van der Waals surface area contributed by atoms with Crippen molar-refractivity contribution < 1.29 is 4.79 Å². The van der Waals surface area contributed by atoms with E-state index < -0.39 is 0 Å². The molecule has 0 aliphatic rings. The van der Waals surface area contributed by atoms with Gasteiger partial charge in [-0.3, -0.25) is 4.79 Å². The maximum absolute atomic E-state index is 10.9. The Bertz CT molecular complexity index is 536. The SMILES string of the molecule is NC(=O)c1csc(CNCc2ccc(Cl)cc2)c1. The molecular formula is C13H13ClN2OS. The topological polar surface area (TPSA) is 55.1 Å². The molecule has 2 rings (SSSR count). The summed E-state index contributed by atoms with van der Waals surface area (Å²) in [6.07, 6.45) is 0. The van der Waals surface area contributed by atoms with E-state index in [0.29, 0.717) is 5.56 Å². The first-order valence-corrected chi connectivity index (χ1v) is 6.73. The van der Waals surface area contributed by atoms with Gasteiger partial charge in [-0.05, 0) is 23.8 Å². The van der Waals surface area contributed by atoms with Gasteiger partial charge in [-0.2, -0.15) is 0 Å². The molecule has 0 saturated carbocycles. The van der Waals surface area contributed by atoms with Crippen LogP contribution in [0.2, 0.25) is 5.02 Å². The van der Waals surface area contributed by atoms with Crippen molar-refractivity contribution in [2.45, 2.75) is 13.1 Å². The van der Waals surface area contributed by atoms with Gasteiger partial charge in [0.1, 0.15) is 0 Å². The third kappa shape index (κ3) is 3.57. The number of rotatable bonds is 5. The predicted octanol–water partition coefficient (Wildman–Crippen LogP) is 2.79. The molecule has 0 aliphatic heterocycles. The van der Waals surface area contributed by atoms with Gasteiger partial charge >= 0.3 is 0 Å². The zero-order chi connectivity index (χ0) is 13.0. The molecule has 18 heavy (non-hydrogen) atoms. The molecule has 0 aliphatic carbocycles. The molecule has 1 aromatic heterocycles. The fourth-order valence-electron chi connectivity index (χ4n) is 1.53. The van der Waals surface area contributed by atoms with Gasteiger partial charge in [0.2, 0.25) is 5.91 Å². The number of hydrogen-bond acceptors (Lipinski definition) is 3. The quantitative estimate of drug-likeness (QED) is 0.885. The van der Waals surface area contributed by atoms with E-state index in [2.05, 4.69) is 5.32 Å². The molecule has 3 nitrogen and oxygen atoms in total. The summed E-state index contributed by atoms with van der Waals surface area (Å²) in [7, 11) is 0. The molecule has 2 aromatic rings. The number of nitrogens with one attached hydrogen (secondary N) is 1. The molecule has 94 valence electrons. The molecule has 3 N–H and O–H groups in total. The van der Waals surface area contributed by atoms with E-state index in [1.807, 2.05) is 30.3 Å². The second kappa shape index (κ2) is 6.00. The van der Waals surface area contributed by atoms with Crippen molar-refractivity contribution in [2.75, 3.05) is 0 Å². The van der Waals surface area contributed by atoms with Crippen LogP contribution in [0.4, 0.5) is 0 Å². The average Bonchev–Trinajstić information content (AvgIpc) is 2.81. The summed E-state index contributed by atoms with van der Waals surface area (Å²) in [6.45, 7) is 1.49. The molecule has 0 fully saturated rings. The van der Waals surface area contributed by atoms with Gasteiger partial charge in [0.25, 0.3) is 0 Å². The highest BCUT2D eigenvalue weighted by Crippen LogP contribution is 2.14. The molecular weight excluding hydrogens is 268 g/mol. The van der Waals surface area contributed by atoms with Crippen LogP contribution >= 0.6 is 22.9 Å². The van der Waals surface area contributed by atoms with Gasteiger partial charge in [-0.15, -0.1) is 11.3 Å². The molecule has 5 heteroatoms. The van der Waals surface area contributed by atoms with Crippen LogP contribution in [0.3, 0.4) is 0 Å². The van der Waals surface area contributed by atoms with Gasteiger partial charge in [0, 0.05) is 28.4 Å². The van der Waals surface area contributed by atoms with Gasteiger partial charge in [-0.25, -0.2) is 0 Å². The van der Waals surface area contributed by atoms with Gasteiger partial charge in [0.05, 0.1) is 5.56 Å². The fourth-order valence-corrected chi connectivity index (χ4v) is 2.50. The molecule has 0 radical (unpaired) electrons. The number of halogens is 1. The number of carbonyl (C=O) groups excluding carboxylic acids is 1. The normalized spacial score (nSPS) is 10.5. The van der Waals surface area contributed by atoms with Crippen LogP contribution in [0.15, 0.2) is 35.7 Å². The lowest BCUT2D eigenvalue weighted by Crippen LogP contribution is -2.12. The predicted molar refractivity (Wildman–Crippen MR) is 74.8 cm³/mol. The molecule has 1 aromatic carbocycles. The van der Waals surface area contributed by atoms with E-state index in [1.165, 1.54) is 16.9 Å². The number of nitrogens with two attached hydrogens (primary N) is 1. The first kappa shape index (κ1) is 13.1. The second-order valence-corrected chi connectivity index (χ2v) is 5.33. The summed E-state index contributed by atoms with van der Waals surface area (Å²) in [6, 6.07) is 9.53. The van der Waals surface area contributed by atoms with E-state index in [-0.39, 0.29) is 5.91 Å². The Hall–Kier alpha value is -1.36. The van der Waals surface area contributed by atoms with Crippen LogP contribution in [0, 0.1) is 0 Å². The van der Waals surface area contributed by atoms with Crippen LogP contribution in [0.25, 0.3) is 0 Å². The van der Waals surface area contributed by atoms with Crippen molar-refractivity contribution in [3.63, 3.8) is 0 Å². The Balaban J connectivity index is 1.84. The third-order valence-electron chi connectivity index (χ3n) is 2.48. The van der Waals surface area contributed by atoms with Gasteiger partial charge in [0.15, 0.2) is 0 Å². The number of hydrogen-bond donors (Lipinski definition) is 2. The lowest BCUT2D eigenvalue weighted by Gasteiger charge is -2.03. The molecule has 1 heterocycles. The highest BCUT2D eigenvalue weighted by atomic mass is 35.5. The highest BCUT2D eigenvalue weighted by Gasteiger charge is 2.04. The molecule has 0 unspecified atom stereocenters. The molecule has 0 spiro atoms. The van der Waals surface area contributed by atoms with Crippen LogP contribution in [-0.2, 0) is 13.1 Å². The number of benzene rings is 1. The van der Waals surface area contributed by atoms with E-state index >= 15 is 0 Å². The Morgan fingerprint density at radius 1 is 1.28 bits per heavy atom. The number of amides is 1. The lowest BCUT2D eigenvalue weighted by atomic mass is 10.2. The van der Waals surface area contributed by atoms with Crippen LogP contribution in [0.1, 0.15) is 20.8 Å². The highest BCUT2D eigenvalue weighted by molar-refractivity contribution is 7.10. The maximum Gasteiger partial charge on any atom is 0.249 e. The summed E-state index contributed by atoms with van der Waals surface area (Å²) in [5.74, 6) is -0.379. The number of primary amides is 1.